The molecule has 0 radical (unpaired) electrons. The maximum absolute atomic E-state index is 5.40. The zero-order valence-electron chi connectivity index (χ0n) is 17.1. The van der Waals surface area contributed by atoms with Gasteiger partial charge in [0.1, 0.15) is 0 Å². The highest BCUT2D eigenvalue weighted by molar-refractivity contribution is 7.99. The highest BCUT2D eigenvalue weighted by Gasteiger charge is 2.21. The van der Waals surface area contributed by atoms with E-state index in [-0.39, 0.29) is 10.7 Å². The minimum atomic E-state index is -0.0785. The smallest absolute Gasteiger partial charge is 0.240 e. The van der Waals surface area contributed by atoms with Crippen molar-refractivity contribution in [2.45, 2.75) is 43.5 Å². The first kappa shape index (κ1) is 19.4. The lowest BCUT2D eigenvalue weighted by molar-refractivity contribution is 0.379. The fourth-order valence-electron chi connectivity index (χ4n) is 2.90. The molecule has 0 saturated carbocycles. The van der Waals surface area contributed by atoms with Gasteiger partial charge in [-0.2, -0.15) is 4.98 Å². The van der Waals surface area contributed by atoms with Crippen LogP contribution in [0.15, 0.2) is 56.8 Å². The Balaban J connectivity index is 1.51. The number of nitrogens with zero attached hydrogens (tertiary/aromatic N) is 5. The molecule has 150 valence electrons. The fraction of sp³-hybridized carbons (Fsp3) is 0.333. The van der Waals surface area contributed by atoms with Crippen LogP contribution in [-0.2, 0) is 12.5 Å². The Labute approximate surface area is 173 Å². The lowest BCUT2D eigenvalue weighted by Crippen LogP contribution is -2.10. The van der Waals surface area contributed by atoms with Crippen molar-refractivity contribution in [1.29, 1.82) is 0 Å². The van der Waals surface area contributed by atoms with E-state index in [1.54, 1.807) is 18.4 Å². The monoisotopic (exact) mass is 409 g/mol. The van der Waals surface area contributed by atoms with Gasteiger partial charge in [0.25, 0.3) is 0 Å². The number of hydrogen-bond donors (Lipinski definition) is 0. The summed E-state index contributed by atoms with van der Waals surface area (Å²) in [5, 5.41) is 13.4. The maximum Gasteiger partial charge on any atom is 0.240 e. The van der Waals surface area contributed by atoms with Gasteiger partial charge in [0, 0.05) is 12.6 Å². The van der Waals surface area contributed by atoms with Crippen LogP contribution in [0.1, 0.15) is 44.4 Å². The predicted molar refractivity (Wildman–Crippen MR) is 111 cm³/mol. The van der Waals surface area contributed by atoms with Gasteiger partial charge in [-0.25, -0.2) is 0 Å². The van der Waals surface area contributed by atoms with Crippen molar-refractivity contribution in [3.8, 4) is 23.0 Å². The molecule has 3 aromatic heterocycles. The van der Waals surface area contributed by atoms with Crippen LogP contribution in [0.25, 0.3) is 23.0 Å². The van der Waals surface area contributed by atoms with E-state index in [0.29, 0.717) is 17.5 Å². The summed E-state index contributed by atoms with van der Waals surface area (Å²) in [5.74, 6) is 2.36. The van der Waals surface area contributed by atoms with E-state index in [2.05, 4.69) is 65.4 Å². The van der Waals surface area contributed by atoms with E-state index in [4.69, 9.17) is 8.94 Å². The first-order chi connectivity index (χ1) is 13.8. The largest absolute Gasteiger partial charge is 0.461 e. The molecule has 0 saturated heterocycles. The van der Waals surface area contributed by atoms with Crippen LogP contribution < -0.4 is 0 Å². The average molecular weight is 410 g/mol. The molecule has 3 heterocycles. The van der Waals surface area contributed by atoms with Gasteiger partial charge in [0.05, 0.1) is 11.5 Å². The number of benzene rings is 1. The molecule has 8 heteroatoms. The molecular weight excluding hydrogens is 386 g/mol. The van der Waals surface area contributed by atoms with Gasteiger partial charge < -0.3 is 13.5 Å². The van der Waals surface area contributed by atoms with E-state index < -0.39 is 0 Å². The summed E-state index contributed by atoms with van der Waals surface area (Å²) in [5.41, 5.74) is 2.44. The van der Waals surface area contributed by atoms with Crippen molar-refractivity contribution < 1.29 is 8.94 Å². The first-order valence-corrected chi connectivity index (χ1v) is 10.3. The summed E-state index contributed by atoms with van der Waals surface area (Å²) in [6, 6.07) is 12.1. The van der Waals surface area contributed by atoms with Gasteiger partial charge in [0.2, 0.25) is 11.7 Å². The van der Waals surface area contributed by atoms with Crippen LogP contribution in [0.4, 0.5) is 0 Å². The Morgan fingerprint density at radius 3 is 2.48 bits per heavy atom. The lowest BCUT2D eigenvalue weighted by Gasteiger charge is -2.19. The molecule has 4 rings (SSSR count). The van der Waals surface area contributed by atoms with Gasteiger partial charge in [-0.15, -0.1) is 10.2 Å². The lowest BCUT2D eigenvalue weighted by atomic mass is 9.87. The molecule has 0 spiro atoms. The number of thioether (sulfide) groups is 1. The zero-order chi connectivity index (χ0) is 20.6. The Morgan fingerprint density at radius 2 is 1.83 bits per heavy atom. The number of hydrogen-bond acceptors (Lipinski definition) is 7. The van der Waals surface area contributed by atoms with Crippen LogP contribution in [0.5, 0.6) is 0 Å². The number of furan rings is 1. The topological polar surface area (TPSA) is 82.8 Å². The Bertz CT molecular complexity index is 1090. The van der Waals surface area contributed by atoms with Crippen molar-refractivity contribution in [2.75, 3.05) is 0 Å². The summed E-state index contributed by atoms with van der Waals surface area (Å²) in [6.07, 6.45) is 1.58. The van der Waals surface area contributed by atoms with Gasteiger partial charge in [-0.3, -0.25) is 0 Å². The van der Waals surface area contributed by atoms with Crippen LogP contribution in [-0.4, -0.2) is 24.9 Å². The van der Waals surface area contributed by atoms with Crippen LogP contribution >= 0.6 is 11.8 Å². The summed E-state index contributed by atoms with van der Waals surface area (Å²) >= 11 is 1.52. The maximum atomic E-state index is 5.40. The molecule has 0 aliphatic carbocycles. The summed E-state index contributed by atoms with van der Waals surface area (Å²) in [7, 11) is 1.96. The Hall–Kier alpha value is -2.87. The molecule has 0 bridgehead atoms. The third-order valence-corrected chi connectivity index (χ3v) is 5.78. The molecule has 29 heavy (non-hydrogen) atoms. The SMILES string of the molecule is CC(Sc1nnc(-c2ccc(C(C)(C)C)cc2)n1C)c1nc(-c2ccco2)no1. The first-order valence-electron chi connectivity index (χ1n) is 9.37. The van der Waals surface area contributed by atoms with E-state index in [0.717, 1.165) is 16.5 Å². The minimum Gasteiger partial charge on any atom is -0.461 e. The normalized spacial score (nSPS) is 13.0. The van der Waals surface area contributed by atoms with Gasteiger partial charge in [-0.05, 0) is 30.0 Å². The molecule has 0 amide bonds. The second-order valence-corrected chi connectivity index (χ2v) is 9.19. The third kappa shape index (κ3) is 3.98. The van der Waals surface area contributed by atoms with Crippen LogP contribution in [0.3, 0.4) is 0 Å². The van der Waals surface area contributed by atoms with Crippen molar-refractivity contribution in [1.82, 2.24) is 24.9 Å². The highest BCUT2D eigenvalue weighted by atomic mass is 32.2. The van der Waals surface area contributed by atoms with Gasteiger partial charge in [0.15, 0.2) is 16.7 Å². The Morgan fingerprint density at radius 1 is 1.07 bits per heavy atom. The third-order valence-electron chi connectivity index (χ3n) is 4.66. The molecule has 1 atom stereocenters. The highest BCUT2D eigenvalue weighted by Crippen LogP contribution is 2.35. The summed E-state index contributed by atoms with van der Waals surface area (Å²) in [4.78, 5) is 4.43. The minimum absolute atomic E-state index is 0.0785. The van der Waals surface area contributed by atoms with Gasteiger partial charge >= 0.3 is 0 Å². The molecule has 0 N–H and O–H groups in total. The summed E-state index contributed by atoms with van der Waals surface area (Å²) in [6.45, 7) is 8.61. The van der Waals surface area contributed by atoms with Crippen molar-refractivity contribution in [3.63, 3.8) is 0 Å². The molecule has 4 aromatic rings. The second-order valence-electron chi connectivity index (χ2n) is 7.89. The molecule has 0 aliphatic rings. The fourth-order valence-corrected chi connectivity index (χ4v) is 3.75. The van der Waals surface area contributed by atoms with Crippen LogP contribution in [0.2, 0.25) is 0 Å². The quantitative estimate of drug-likeness (QED) is 0.415. The average Bonchev–Trinajstić information content (AvgIpc) is 3.42. The molecular formula is C21H23N5O2S. The van der Waals surface area contributed by atoms with Crippen LogP contribution in [0, 0.1) is 0 Å². The Kier molecular flexibility index (Phi) is 5.04. The van der Waals surface area contributed by atoms with E-state index in [1.165, 1.54) is 17.3 Å². The van der Waals surface area contributed by atoms with E-state index in [9.17, 15) is 0 Å². The summed E-state index contributed by atoms with van der Waals surface area (Å²) < 4.78 is 12.7. The van der Waals surface area contributed by atoms with Crippen molar-refractivity contribution >= 4 is 11.8 Å². The van der Waals surface area contributed by atoms with Crippen molar-refractivity contribution in [3.05, 3.63) is 54.1 Å². The zero-order valence-corrected chi connectivity index (χ0v) is 17.9. The molecule has 0 aliphatic heterocycles. The predicted octanol–water partition coefficient (Wildman–Crippen LogP) is 5.28. The number of aromatic nitrogens is 5. The molecule has 1 unspecified atom stereocenters. The van der Waals surface area contributed by atoms with E-state index in [1.807, 2.05) is 18.5 Å². The standard InChI is InChI=1S/C21H23N5O2S/c1-13(19-22-17(25-28-19)16-7-6-12-27-16)29-20-24-23-18(26(20)5)14-8-10-15(11-9-14)21(2,3)4/h6-13H,1-5H3. The molecule has 0 fully saturated rings. The number of rotatable bonds is 5. The second kappa shape index (κ2) is 7.51. The van der Waals surface area contributed by atoms with Gasteiger partial charge in [-0.1, -0.05) is 62.0 Å². The molecule has 1 aromatic carbocycles. The molecule has 7 nitrogen and oxygen atoms in total. The van der Waals surface area contributed by atoms with Crippen molar-refractivity contribution in [2.24, 2.45) is 7.05 Å². The van der Waals surface area contributed by atoms with E-state index >= 15 is 0 Å².